The molecule has 0 aromatic carbocycles. The monoisotopic (exact) mass is 255 g/mol. The highest BCUT2D eigenvalue weighted by atomic mass is 35.5. The Morgan fingerprint density at radius 3 is 3.12 bits per heavy atom. The van der Waals surface area contributed by atoms with E-state index in [4.69, 9.17) is 22.1 Å². The van der Waals surface area contributed by atoms with Gasteiger partial charge in [-0.3, -0.25) is 0 Å². The molecule has 1 unspecified atom stereocenters. The van der Waals surface area contributed by atoms with E-state index >= 15 is 0 Å². The molecule has 1 aromatic rings. The number of anilines is 2. The van der Waals surface area contributed by atoms with Crippen molar-refractivity contribution in [3.63, 3.8) is 0 Å². The van der Waals surface area contributed by atoms with Gasteiger partial charge in [0.1, 0.15) is 5.15 Å². The fraction of sp³-hybridized carbons (Fsp3) is 0.583. The molecular weight excluding hydrogens is 238 g/mol. The third-order valence-corrected chi connectivity index (χ3v) is 3.23. The maximum atomic E-state index is 5.90. The molecule has 1 aliphatic heterocycles. The Labute approximate surface area is 107 Å². The quantitative estimate of drug-likeness (QED) is 0.842. The number of halogens is 1. The average molecular weight is 256 g/mol. The predicted octanol–water partition coefficient (Wildman–Crippen LogP) is 2.18. The van der Waals surface area contributed by atoms with E-state index in [0.29, 0.717) is 16.8 Å². The van der Waals surface area contributed by atoms with E-state index in [1.165, 1.54) is 6.42 Å². The van der Waals surface area contributed by atoms with Gasteiger partial charge >= 0.3 is 0 Å². The maximum Gasteiger partial charge on any atom is 0.153 e. The van der Waals surface area contributed by atoms with Gasteiger partial charge in [0, 0.05) is 20.2 Å². The Bertz CT molecular complexity index is 380. The lowest BCUT2D eigenvalue weighted by atomic mass is 10.0. The number of nitrogens with two attached hydrogens (primary N) is 1. The van der Waals surface area contributed by atoms with Gasteiger partial charge in [-0.2, -0.15) is 0 Å². The second-order valence-electron chi connectivity index (χ2n) is 4.51. The molecule has 4 nitrogen and oxygen atoms in total. The summed E-state index contributed by atoms with van der Waals surface area (Å²) in [5, 5.41) is 0.473. The molecule has 0 aliphatic carbocycles. The van der Waals surface area contributed by atoms with E-state index < -0.39 is 0 Å². The number of hydrogen-bond acceptors (Lipinski definition) is 4. The molecule has 0 radical (unpaired) electrons. The fourth-order valence-electron chi connectivity index (χ4n) is 2.17. The lowest BCUT2D eigenvalue weighted by molar-refractivity contribution is 0.0576. The van der Waals surface area contributed by atoms with Crippen LogP contribution in [0, 0.1) is 5.92 Å². The molecule has 0 saturated carbocycles. The molecule has 94 valence electrons. The van der Waals surface area contributed by atoms with Gasteiger partial charge in [0.2, 0.25) is 0 Å². The van der Waals surface area contributed by atoms with E-state index in [-0.39, 0.29) is 0 Å². The number of nitrogen functional groups attached to an aromatic ring is 1. The molecule has 0 amide bonds. The smallest absolute Gasteiger partial charge is 0.153 e. The van der Waals surface area contributed by atoms with Gasteiger partial charge in [-0.25, -0.2) is 4.98 Å². The fourth-order valence-corrected chi connectivity index (χ4v) is 2.31. The maximum absolute atomic E-state index is 5.90. The summed E-state index contributed by atoms with van der Waals surface area (Å²) in [5.74, 6) is 1.30. The van der Waals surface area contributed by atoms with Crippen LogP contribution in [-0.4, -0.2) is 31.8 Å². The molecule has 1 atom stereocenters. The van der Waals surface area contributed by atoms with Gasteiger partial charge in [-0.15, -0.1) is 0 Å². The van der Waals surface area contributed by atoms with E-state index in [0.717, 1.165) is 32.0 Å². The largest absolute Gasteiger partial charge is 0.396 e. The van der Waals surface area contributed by atoms with Crippen LogP contribution in [0.4, 0.5) is 11.5 Å². The lowest BCUT2D eigenvalue weighted by Crippen LogP contribution is -2.31. The molecule has 0 spiro atoms. The SMILES string of the molecule is CN(CC1CCCOC1)c1nc(Cl)ccc1N. The average Bonchev–Trinajstić information content (AvgIpc) is 2.33. The van der Waals surface area contributed by atoms with Crippen LogP contribution in [0.2, 0.25) is 5.15 Å². The highest BCUT2D eigenvalue weighted by Gasteiger charge is 2.17. The van der Waals surface area contributed by atoms with Crippen LogP contribution >= 0.6 is 11.6 Å². The molecule has 2 heterocycles. The summed E-state index contributed by atoms with van der Waals surface area (Å²) in [7, 11) is 1.99. The van der Waals surface area contributed by atoms with Crippen molar-refractivity contribution < 1.29 is 4.74 Å². The van der Waals surface area contributed by atoms with Crippen molar-refractivity contribution in [3.05, 3.63) is 17.3 Å². The van der Waals surface area contributed by atoms with Crippen LogP contribution in [0.15, 0.2) is 12.1 Å². The standard InChI is InChI=1S/C12H18ClN3O/c1-16(7-9-3-2-6-17-8-9)12-10(14)4-5-11(13)15-12/h4-5,9H,2-3,6-8,14H2,1H3. The third-order valence-electron chi connectivity index (χ3n) is 3.02. The number of pyridine rings is 1. The first-order valence-electron chi connectivity index (χ1n) is 5.87. The Balaban J connectivity index is 2.02. The summed E-state index contributed by atoms with van der Waals surface area (Å²) in [6, 6.07) is 3.50. The van der Waals surface area contributed by atoms with Crippen LogP contribution in [0.25, 0.3) is 0 Å². The molecule has 2 rings (SSSR count). The number of aromatic nitrogens is 1. The summed E-state index contributed by atoms with van der Waals surface area (Å²) in [6.45, 7) is 2.61. The molecule has 1 aliphatic rings. The van der Waals surface area contributed by atoms with E-state index in [9.17, 15) is 0 Å². The Morgan fingerprint density at radius 2 is 2.41 bits per heavy atom. The highest BCUT2D eigenvalue weighted by molar-refractivity contribution is 6.29. The summed E-state index contributed by atoms with van der Waals surface area (Å²) < 4.78 is 5.47. The number of rotatable bonds is 3. The van der Waals surface area contributed by atoms with E-state index in [2.05, 4.69) is 9.88 Å². The van der Waals surface area contributed by atoms with Gasteiger partial charge in [-0.1, -0.05) is 11.6 Å². The van der Waals surface area contributed by atoms with Crippen molar-refractivity contribution in [1.29, 1.82) is 0 Å². The van der Waals surface area contributed by atoms with Crippen molar-refractivity contribution in [3.8, 4) is 0 Å². The zero-order chi connectivity index (χ0) is 12.3. The Kier molecular flexibility index (Phi) is 4.07. The lowest BCUT2D eigenvalue weighted by Gasteiger charge is -2.28. The number of ether oxygens (including phenoxy) is 1. The van der Waals surface area contributed by atoms with Gasteiger partial charge in [0.05, 0.1) is 12.3 Å². The van der Waals surface area contributed by atoms with Crippen LogP contribution in [0.5, 0.6) is 0 Å². The van der Waals surface area contributed by atoms with Crippen molar-refractivity contribution in [1.82, 2.24) is 4.98 Å². The zero-order valence-corrected chi connectivity index (χ0v) is 10.8. The van der Waals surface area contributed by atoms with Crippen LogP contribution in [0.1, 0.15) is 12.8 Å². The first-order valence-corrected chi connectivity index (χ1v) is 6.25. The Hall–Kier alpha value is -1.00. The van der Waals surface area contributed by atoms with Gasteiger partial charge in [-0.05, 0) is 30.9 Å². The first kappa shape index (κ1) is 12.5. The van der Waals surface area contributed by atoms with Crippen molar-refractivity contribution in [2.45, 2.75) is 12.8 Å². The molecule has 2 N–H and O–H groups in total. The summed E-state index contributed by atoms with van der Waals surface area (Å²) in [4.78, 5) is 6.32. The predicted molar refractivity (Wildman–Crippen MR) is 70.5 cm³/mol. The van der Waals surface area contributed by atoms with E-state index in [1.54, 1.807) is 12.1 Å². The minimum Gasteiger partial charge on any atom is -0.396 e. The second-order valence-corrected chi connectivity index (χ2v) is 4.90. The van der Waals surface area contributed by atoms with Crippen LogP contribution < -0.4 is 10.6 Å². The second kappa shape index (κ2) is 5.56. The molecule has 1 aromatic heterocycles. The molecule has 17 heavy (non-hydrogen) atoms. The topological polar surface area (TPSA) is 51.4 Å². The minimum absolute atomic E-state index is 0.473. The minimum atomic E-state index is 0.473. The van der Waals surface area contributed by atoms with Crippen molar-refractivity contribution in [2.75, 3.05) is 37.4 Å². The van der Waals surface area contributed by atoms with Crippen LogP contribution in [0.3, 0.4) is 0 Å². The highest BCUT2D eigenvalue weighted by Crippen LogP contribution is 2.24. The van der Waals surface area contributed by atoms with E-state index in [1.807, 2.05) is 7.05 Å². The summed E-state index contributed by atoms with van der Waals surface area (Å²) >= 11 is 5.89. The molecule has 5 heteroatoms. The molecular formula is C12H18ClN3O. The van der Waals surface area contributed by atoms with Gasteiger partial charge in [0.25, 0.3) is 0 Å². The molecule has 1 saturated heterocycles. The van der Waals surface area contributed by atoms with Crippen molar-refractivity contribution >= 4 is 23.1 Å². The zero-order valence-electron chi connectivity index (χ0n) is 10.0. The normalized spacial score (nSPS) is 20.2. The first-order chi connectivity index (χ1) is 8.16. The summed E-state index contributed by atoms with van der Waals surface area (Å²) in [6.07, 6.45) is 2.34. The number of nitrogens with zero attached hydrogens (tertiary/aromatic N) is 2. The molecule has 1 fully saturated rings. The third kappa shape index (κ3) is 3.23. The number of hydrogen-bond donors (Lipinski definition) is 1. The van der Waals surface area contributed by atoms with Crippen LogP contribution in [-0.2, 0) is 4.74 Å². The molecule has 0 bridgehead atoms. The Morgan fingerprint density at radius 1 is 1.59 bits per heavy atom. The van der Waals surface area contributed by atoms with Gasteiger partial charge < -0.3 is 15.4 Å². The summed E-state index contributed by atoms with van der Waals surface area (Å²) in [5.41, 5.74) is 6.56. The van der Waals surface area contributed by atoms with Crippen molar-refractivity contribution in [2.24, 2.45) is 5.92 Å². The van der Waals surface area contributed by atoms with Gasteiger partial charge in [0.15, 0.2) is 5.82 Å².